The van der Waals surface area contributed by atoms with Gasteiger partial charge in [-0.3, -0.25) is 0 Å². The van der Waals surface area contributed by atoms with Crippen molar-refractivity contribution in [3.63, 3.8) is 0 Å². The van der Waals surface area contributed by atoms with Crippen LogP contribution in [-0.4, -0.2) is 13.1 Å². The highest BCUT2D eigenvalue weighted by atomic mass is 16.3. The Hall–Kier alpha value is -1.84. The van der Waals surface area contributed by atoms with Gasteiger partial charge in [-0.25, -0.2) is 0 Å². The molecule has 0 fully saturated rings. The van der Waals surface area contributed by atoms with Crippen molar-refractivity contribution in [3.05, 3.63) is 47.5 Å². The van der Waals surface area contributed by atoms with Gasteiger partial charge in [-0.1, -0.05) is 12.1 Å². The van der Waals surface area contributed by atoms with E-state index in [0.717, 1.165) is 24.0 Å². The predicted octanol–water partition coefficient (Wildman–Crippen LogP) is 2.59. The van der Waals surface area contributed by atoms with E-state index in [2.05, 4.69) is 24.3 Å². The Morgan fingerprint density at radius 1 is 0.737 bits per heavy atom. The van der Waals surface area contributed by atoms with Gasteiger partial charge in [-0.15, -0.1) is 0 Å². The molecule has 1 heterocycles. The lowest BCUT2D eigenvalue weighted by Gasteiger charge is -1.99. The lowest BCUT2D eigenvalue weighted by molar-refractivity contribution is 0.668. The number of fused-ring (bicyclic) bond motifs is 3. The maximum absolute atomic E-state index is 5.86. The van der Waals surface area contributed by atoms with Crippen LogP contribution in [0.2, 0.25) is 0 Å². The molecule has 3 rings (SSSR count). The van der Waals surface area contributed by atoms with Crippen LogP contribution in [0, 0.1) is 0 Å². The molecule has 1 aromatic heterocycles. The summed E-state index contributed by atoms with van der Waals surface area (Å²) in [5.41, 5.74) is 15.6. The van der Waals surface area contributed by atoms with E-state index in [0.29, 0.717) is 13.1 Å². The molecule has 0 amide bonds. The Morgan fingerprint density at radius 3 is 1.63 bits per heavy atom. The average molecular weight is 254 g/mol. The van der Waals surface area contributed by atoms with Crippen molar-refractivity contribution in [1.29, 1.82) is 0 Å². The van der Waals surface area contributed by atoms with Crippen LogP contribution in [0.5, 0.6) is 0 Å². The van der Waals surface area contributed by atoms with Gasteiger partial charge in [0.15, 0.2) is 0 Å². The second kappa shape index (κ2) is 5.03. The third-order valence-electron chi connectivity index (χ3n) is 3.46. The van der Waals surface area contributed by atoms with Crippen LogP contribution in [0.3, 0.4) is 0 Å². The molecule has 0 saturated heterocycles. The highest BCUT2D eigenvalue weighted by molar-refractivity contribution is 6.05. The summed E-state index contributed by atoms with van der Waals surface area (Å²) in [6, 6.07) is 12.6. The van der Waals surface area contributed by atoms with Gasteiger partial charge in [-0.2, -0.15) is 0 Å². The van der Waals surface area contributed by atoms with Crippen molar-refractivity contribution in [2.45, 2.75) is 12.8 Å². The quantitative estimate of drug-likeness (QED) is 0.752. The molecule has 0 saturated carbocycles. The van der Waals surface area contributed by atoms with E-state index >= 15 is 0 Å². The summed E-state index contributed by atoms with van der Waals surface area (Å²) in [4.78, 5) is 0. The molecule has 0 radical (unpaired) electrons. The fourth-order valence-electron chi connectivity index (χ4n) is 2.52. The van der Waals surface area contributed by atoms with Crippen LogP contribution < -0.4 is 11.5 Å². The van der Waals surface area contributed by atoms with Crippen LogP contribution in [0.25, 0.3) is 21.9 Å². The number of hydrogen-bond donors (Lipinski definition) is 2. The standard InChI is InChI=1S/C16H18N2O/c17-7-5-11-1-3-15-13(9-11)14-10-12(6-8-18)2-4-16(14)19-15/h1-4,9-10H,5-8,17-18H2. The van der Waals surface area contributed by atoms with Gasteiger partial charge in [0.2, 0.25) is 0 Å². The van der Waals surface area contributed by atoms with Crippen LogP contribution >= 0.6 is 0 Å². The zero-order valence-corrected chi connectivity index (χ0v) is 10.9. The molecular formula is C16H18N2O. The smallest absolute Gasteiger partial charge is 0.135 e. The Bertz CT molecular complexity index is 655. The van der Waals surface area contributed by atoms with E-state index in [9.17, 15) is 0 Å². The SMILES string of the molecule is NCCc1ccc2oc3ccc(CCN)cc3c2c1. The van der Waals surface area contributed by atoms with Crippen LogP contribution in [-0.2, 0) is 12.8 Å². The molecule has 3 nitrogen and oxygen atoms in total. The molecule has 3 heteroatoms. The van der Waals surface area contributed by atoms with Gasteiger partial charge in [0.25, 0.3) is 0 Å². The van der Waals surface area contributed by atoms with Gasteiger partial charge >= 0.3 is 0 Å². The number of hydrogen-bond acceptors (Lipinski definition) is 3. The molecule has 98 valence electrons. The monoisotopic (exact) mass is 254 g/mol. The minimum Gasteiger partial charge on any atom is -0.456 e. The van der Waals surface area contributed by atoms with Crippen molar-refractivity contribution in [2.24, 2.45) is 11.5 Å². The zero-order valence-electron chi connectivity index (χ0n) is 10.9. The van der Waals surface area contributed by atoms with Crippen LogP contribution in [0.1, 0.15) is 11.1 Å². The molecule has 0 unspecified atom stereocenters. The fourth-order valence-corrected chi connectivity index (χ4v) is 2.52. The minimum atomic E-state index is 0.666. The Labute approximate surface area is 112 Å². The molecule has 3 aromatic rings. The van der Waals surface area contributed by atoms with E-state index in [1.807, 2.05) is 12.1 Å². The summed E-state index contributed by atoms with van der Waals surface area (Å²) in [6.07, 6.45) is 1.79. The maximum atomic E-state index is 5.86. The number of rotatable bonds is 4. The molecule has 2 aromatic carbocycles. The van der Waals surface area contributed by atoms with E-state index < -0.39 is 0 Å². The summed E-state index contributed by atoms with van der Waals surface area (Å²) >= 11 is 0. The van der Waals surface area contributed by atoms with Crippen molar-refractivity contribution < 1.29 is 4.42 Å². The normalized spacial score (nSPS) is 11.5. The average Bonchev–Trinajstić information content (AvgIpc) is 2.77. The fraction of sp³-hybridized carbons (Fsp3) is 0.250. The highest BCUT2D eigenvalue weighted by Crippen LogP contribution is 2.30. The zero-order chi connectivity index (χ0) is 13.2. The molecule has 0 spiro atoms. The number of furan rings is 1. The van der Waals surface area contributed by atoms with E-state index in [-0.39, 0.29) is 0 Å². The highest BCUT2D eigenvalue weighted by Gasteiger charge is 2.08. The van der Waals surface area contributed by atoms with Crippen molar-refractivity contribution >= 4 is 21.9 Å². The second-order valence-corrected chi connectivity index (χ2v) is 4.84. The van der Waals surface area contributed by atoms with Crippen LogP contribution in [0.15, 0.2) is 40.8 Å². The summed E-state index contributed by atoms with van der Waals surface area (Å²) < 4.78 is 5.86. The molecule has 4 N–H and O–H groups in total. The first-order valence-electron chi connectivity index (χ1n) is 6.66. The third-order valence-corrected chi connectivity index (χ3v) is 3.46. The topological polar surface area (TPSA) is 65.2 Å². The molecular weight excluding hydrogens is 236 g/mol. The Kier molecular flexibility index (Phi) is 3.23. The van der Waals surface area contributed by atoms with Crippen molar-refractivity contribution in [1.82, 2.24) is 0 Å². The minimum absolute atomic E-state index is 0.666. The lowest BCUT2D eigenvalue weighted by Crippen LogP contribution is -2.02. The maximum Gasteiger partial charge on any atom is 0.135 e. The first kappa shape index (κ1) is 12.2. The van der Waals surface area contributed by atoms with Crippen LogP contribution in [0.4, 0.5) is 0 Å². The molecule has 0 aliphatic heterocycles. The first-order chi connectivity index (χ1) is 9.31. The summed E-state index contributed by atoms with van der Waals surface area (Å²) in [7, 11) is 0. The summed E-state index contributed by atoms with van der Waals surface area (Å²) in [6.45, 7) is 1.33. The Morgan fingerprint density at radius 2 is 1.21 bits per heavy atom. The van der Waals surface area contributed by atoms with Gasteiger partial charge in [0.1, 0.15) is 11.2 Å². The molecule has 19 heavy (non-hydrogen) atoms. The van der Waals surface area contributed by atoms with Crippen molar-refractivity contribution in [3.8, 4) is 0 Å². The molecule has 0 bridgehead atoms. The second-order valence-electron chi connectivity index (χ2n) is 4.84. The third kappa shape index (κ3) is 2.23. The van der Waals surface area contributed by atoms with Gasteiger partial charge in [-0.05, 0) is 61.3 Å². The van der Waals surface area contributed by atoms with Gasteiger partial charge < -0.3 is 15.9 Å². The number of nitrogens with two attached hydrogens (primary N) is 2. The molecule has 0 aliphatic carbocycles. The Balaban J connectivity index is 2.19. The summed E-state index contributed by atoms with van der Waals surface area (Å²) in [5.74, 6) is 0. The van der Waals surface area contributed by atoms with Crippen molar-refractivity contribution in [2.75, 3.05) is 13.1 Å². The first-order valence-corrected chi connectivity index (χ1v) is 6.66. The largest absolute Gasteiger partial charge is 0.456 e. The summed E-state index contributed by atoms with van der Waals surface area (Å²) in [5, 5.41) is 2.33. The van der Waals surface area contributed by atoms with Gasteiger partial charge in [0, 0.05) is 10.8 Å². The molecule has 0 atom stereocenters. The van der Waals surface area contributed by atoms with Gasteiger partial charge in [0.05, 0.1) is 0 Å². The predicted molar refractivity (Wildman–Crippen MR) is 79.2 cm³/mol. The number of benzene rings is 2. The lowest BCUT2D eigenvalue weighted by atomic mass is 10.0. The molecule has 0 aliphatic rings. The van der Waals surface area contributed by atoms with E-state index in [1.165, 1.54) is 21.9 Å². The van der Waals surface area contributed by atoms with E-state index in [4.69, 9.17) is 15.9 Å². The van der Waals surface area contributed by atoms with E-state index in [1.54, 1.807) is 0 Å².